The molecular formula is C12H20O2. The van der Waals surface area contributed by atoms with Gasteiger partial charge in [-0.2, -0.15) is 0 Å². The molecule has 2 aliphatic rings. The highest BCUT2D eigenvalue weighted by Gasteiger charge is 2.40. The minimum absolute atomic E-state index is 0.218. The zero-order valence-electron chi connectivity index (χ0n) is 9.00. The second-order valence-corrected chi connectivity index (χ2v) is 4.57. The maximum absolute atomic E-state index is 5.97. The molecule has 2 heteroatoms. The van der Waals surface area contributed by atoms with Crippen molar-refractivity contribution < 1.29 is 9.47 Å². The van der Waals surface area contributed by atoms with E-state index < -0.39 is 0 Å². The Bertz CT molecular complexity index is 175. The summed E-state index contributed by atoms with van der Waals surface area (Å²) in [7, 11) is 0. The first-order valence-electron chi connectivity index (χ1n) is 5.79. The van der Waals surface area contributed by atoms with E-state index in [1.54, 1.807) is 0 Å². The Morgan fingerprint density at radius 2 is 1.86 bits per heavy atom. The summed E-state index contributed by atoms with van der Waals surface area (Å²) >= 11 is 0. The summed E-state index contributed by atoms with van der Waals surface area (Å²) in [5.74, 6) is 0.407. The number of rotatable bonds is 2. The van der Waals surface area contributed by atoms with Gasteiger partial charge in [0.2, 0.25) is 0 Å². The van der Waals surface area contributed by atoms with Crippen molar-refractivity contribution in [2.75, 3.05) is 13.2 Å². The van der Waals surface area contributed by atoms with Gasteiger partial charge < -0.3 is 9.47 Å². The fraction of sp³-hybridized carbons (Fsp3) is 0.917. The van der Waals surface area contributed by atoms with Gasteiger partial charge in [0.25, 0.3) is 0 Å². The summed E-state index contributed by atoms with van der Waals surface area (Å²) in [6.45, 7) is 9.66. The monoisotopic (exact) mass is 196 g/mol. The normalized spacial score (nSPS) is 29.6. The average molecular weight is 196 g/mol. The molecule has 80 valence electrons. The van der Waals surface area contributed by atoms with Crippen molar-refractivity contribution in [3.8, 4) is 0 Å². The molecule has 14 heavy (non-hydrogen) atoms. The minimum Gasteiger partial charge on any atom is -0.350 e. The Balaban J connectivity index is 1.85. The fourth-order valence-corrected chi connectivity index (χ4v) is 2.39. The summed E-state index contributed by atoms with van der Waals surface area (Å²) in [4.78, 5) is 0. The first-order valence-corrected chi connectivity index (χ1v) is 5.79. The number of hydrogen-bond donors (Lipinski definition) is 0. The van der Waals surface area contributed by atoms with E-state index in [9.17, 15) is 0 Å². The van der Waals surface area contributed by atoms with Crippen molar-refractivity contribution in [1.82, 2.24) is 0 Å². The van der Waals surface area contributed by atoms with E-state index in [0.29, 0.717) is 5.92 Å². The van der Waals surface area contributed by atoms with E-state index in [4.69, 9.17) is 16.4 Å². The standard InChI is InChI=1S/C12H20O2/c1-3-10(2)11-8-13-12(14-9-11)6-4-5-7-12/h2,10-11H,3-9H2,1H3. The second kappa shape index (κ2) is 4.19. The molecular weight excluding hydrogens is 176 g/mol. The van der Waals surface area contributed by atoms with E-state index in [2.05, 4.69) is 6.92 Å². The van der Waals surface area contributed by atoms with E-state index in [-0.39, 0.29) is 11.7 Å². The lowest BCUT2D eigenvalue weighted by Crippen LogP contribution is -2.43. The molecule has 1 unspecified atom stereocenters. The molecule has 2 fully saturated rings. The van der Waals surface area contributed by atoms with Crippen LogP contribution in [0.3, 0.4) is 0 Å². The molecule has 1 aliphatic heterocycles. The van der Waals surface area contributed by atoms with Gasteiger partial charge in [-0.1, -0.05) is 13.3 Å². The Labute approximate surface area is 87.0 Å². The highest BCUT2D eigenvalue weighted by Crippen LogP contribution is 2.38. The molecule has 1 heterocycles. The van der Waals surface area contributed by atoms with Crippen molar-refractivity contribution in [3.05, 3.63) is 6.92 Å². The molecule has 1 saturated heterocycles. The Morgan fingerprint density at radius 3 is 2.36 bits per heavy atom. The van der Waals surface area contributed by atoms with Crippen LogP contribution in [0.2, 0.25) is 0 Å². The molecule has 0 aromatic rings. The van der Waals surface area contributed by atoms with Crippen LogP contribution in [-0.2, 0) is 9.47 Å². The summed E-state index contributed by atoms with van der Waals surface area (Å²) < 4.78 is 11.7. The van der Waals surface area contributed by atoms with Crippen molar-refractivity contribution in [2.24, 2.45) is 11.8 Å². The third kappa shape index (κ3) is 1.96. The van der Waals surface area contributed by atoms with Crippen LogP contribution in [0.1, 0.15) is 39.0 Å². The lowest BCUT2D eigenvalue weighted by atomic mass is 9.92. The van der Waals surface area contributed by atoms with Crippen LogP contribution < -0.4 is 0 Å². The fourth-order valence-electron chi connectivity index (χ4n) is 2.39. The molecule has 0 bridgehead atoms. The summed E-state index contributed by atoms with van der Waals surface area (Å²) in [5.41, 5.74) is 0. The van der Waals surface area contributed by atoms with Crippen LogP contribution in [0, 0.1) is 18.8 Å². The van der Waals surface area contributed by atoms with Crippen LogP contribution in [0.15, 0.2) is 0 Å². The van der Waals surface area contributed by atoms with Crippen LogP contribution in [0.5, 0.6) is 0 Å². The van der Waals surface area contributed by atoms with Crippen LogP contribution in [0.25, 0.3) is 0 Å². The van der Waals surface area contributed by atoms with E-state index in [1.165, 1.54) is 12.8 Å². The van der Waals surface area contributed by atoms with Gasteiger partial charge >= 0.3 is 0 Å². The predicted molar refractivity (Wildman–Crippen MR) is 54.7 cm³/mol. The van der Waals surface area contributed by atoms with Gasteiger partial charge in [-0.3, -0.25) is 0 Å². The topological polar surface area (TPSA) is 18.5 Å². The largest absolute Gasteiger partial charge is 0.350 e. The van der Waals surface area contributed by atoms with Gasteiger partial charge in [0.1, 0.15) is 0 Å². The zero-order valence-corrected chi connectivity index (χ0v) is 9.00. The number of ether oxygens (including phenoxy) is 2. The summed E-state index contributed by atoms with van der Waals surface area (Å²) in [5, 5.41) is 0. The third-order valence-electron chi connectivity index (χ3n) is 3.56. The van der Waals surface area contributed by atoms with E-state index in [0.717, 1.165) is 32.5 Å². The van der Waals surface area contributed by atoms with Gasteiger partial charge in [-0.05, 0) is 25.7 Å². The lowest BCUT2D eigenvalue weighted by Gasteiger charge is -2.39. The zero-order chi connectivity index (χ0) is 10.0. The molecule has 0 amide bonds. The molecule has 0 aromatic carbocycles. The first kappa shape index (κ1) is 10.4. The molecule has 0 N–H and O–H groups in total. The van der Waals surface area contributed by atoms with E-state index >= 15 is 0 Å². The average Bonchev–Trinajstić information content (AvgIpc) is 2.67. The second-order valence-electron chi connectivity index (χ2n) is 4.57. The molecule has 2 rings (SSSR count). The quantitative estimate of drug-likeness (QED) is 0.676. The SMILES string of the molecule is [CH]C(CC)C1COC2(CCCC2)OC1. The van der Waals surface area contributed by atoms with Crippen LogP contribution >= 0.6 is 0 Å². The van der Waals surface area contributed by atoms with Crippen molar-refractivity contribution in [3.63, 3.8) is 0 Å². The van der Waals surface area contributed by atoms with Gasteiger partial charge in [0, 0.05) is 18.8 Å². The van der Waals surface area contributed by atoms with Crippen molar-refractivity contribution in [2.45, 2.75) is 44.8 Å². The maximum Gasteiger partial charge on any atom is 0.168 e. The molecule has 1 atom stereocenters. The van der Waals surface area contributed by atoms with Crippen LogP contribution in [0.4, 0.5) is 0 Å². The first-order chi connectivity index (χ1) is 6.76. The highest BCUT2D eigenvalue weighted by atomic mass is 16.7. The van der Waals surface area contributed by atoms with Gasteiger partial charge in [-0.15, -0.1) is 0 Å². The molecule has 1 spiro atoms. The summed E-state index contributed by atoms with van der Waals surface area (Å²) in [6.07, 6.45) is 5.63. The molecule has 2 radical (unpaired) electrons. The number of hydrogen-bond acceptors (Lipinski definition) is 2. The third-order valence-corrected chi connectivity index (χ3v) is 3.56. The maximum atomic E-state index is 5.97. The molecule has 1 saturated carbocycles. The molecule has 2 nitrogen and oxygen atoms in total. The molecule has 0 aromatic heterocycles. The smallest absolute Gasteiger partial charge is 0.168 e. The Kier molecular flexibility index (Phi) is 3.13. The molecule has 1 aliphatic carbocycles. The van der Waals surface area contributed by atoms with Gasteiger partial charge in [0.05, 0.1) is 13.2 Å². The summed E-state index contributed by atoms with van der Waals surface area (Å²) in [6, 6.07) is 0. The Hall–Kier alpha value is -0.0800. The van der Waals surface area contributed by atoms with Crippen molar-refractivity contribution >= 4 is 0 Å². The lowest BCUT2D eigenvalue weighted by molar-refractivity contribution is -0.282. The van der Waals surface area contributed by atoms with E-state index in [1.807, 2.05) is 0 Å². The predicted octanol–water partition coefficient (Wildman–Crippen LogP) is 2.66. The van der Waals surface area contributed by atoms with Crippen molar-refractivity contribution in [1.29, 1.82) is 0 Å². The van der Waals surface area contributed by atoms with Crippen LogP contribution in [-0.4, -0.2) is 19.0 Å². The Morgan fingerprint density at radius 1 is 1.29 bits per heavy atom. The van der Waals surface area contributed by atoms with Gasteiger partial charge in [0.15, 0.2) is 5.79 Å². The van der Waals surface area contributed by atoms with Gasteiger partial charge in [-0.25, -0.2) is 0 Å². The minimum atomic E-state index is -0.218. The highest BCUT2D eigenvalue weighted by molar-refractivity contribution is 4.83.